The van der Waals surface area contributed by atoms with Gasteiger partial charge in [0, 0.05) is 6.54 Å². The molecule has 1 unspecified atom stereocenters. The molecule has 0 aliphatic heterocycles. The van der Waals surface area contributed by atoms with Gasteiger partial charge < -0.3 is 10.6 Å². The minimum atomic E-state index is -0.440. The molecule has 0 rings (SSSR count). The Labute approximate surface area is 101 Å². The second-order valence-electron chi connectivity index (χ2n) is 3.37. The van der Waals surface area contributed by atoms with Crippen LogP contribution in [0.1, 0.15) is 20.3 Å². The molecule has 0 aliphatic rings. The van der Waals surface area contributed by atoms with Gasteiger partial charge >= 0.3 is 6.03 Å². The summed E-state index contributed by atoms with van der Waals surface area (Å²) in [5, 5.41) is 7.83. The Hall–Kier alpha value is -0.750. The van der Waals surface area contributed by atoms with E-state index in [0.29, 0.717) is 6.54 Å². The molecular weight excluding hydrogens is 226 g/mol. The van der Waals surface area contributed by atoms with E-state index in [1.807, 2.05) is 6.26 Å². The van der Waals surface area contributed by atoms with E-state index >= 15 is 0 Å². The Kier molecular flexibility index (Phi) is 9.03. The molecule has 0 aliphatic carbocycles. The molecule has 0 aromatic carbocycles. The van der Waals surface area contributed by atoms with E-state index in [0.717, 1.165) is 18.7 Å². The molecule has 3 N–H and O–H groups in total. The zero-order valence-corrected chi connectivity index (χ0v) is 10.9. The third-order valence-corrected chi connectivity index (χ3v) is 2.64. The van der Waals surface area contributed by atoms with Gasteiger partial charge in [-0.05, 0) is 38.8 Å². The van der Waals surface area contributed by atoms with Gasteiger partial charge in [0.2, 0.25) is 5.91 Å². The standard InChI is InChI=1S/C10H21N3O2S/c1-4-11-10(15)13-9(14)8(2)12-6-5-7-16-3/h8,12H,4-7H2,1-3H3,(H2,11,13,14,15). The first-order valence-electron chi connectivity index (χ1n) is 5.42. The molecule has 5 nitrogen and oxygen atoms in total. The summed E-state index contributed by atoms with van der Waals surface area (Å²) in [6.45, 7) is 4.83. The Bertz CT molecular complexity index is 224. The highest BCUT2D eigenvalue weighted by atomic mass is 32.2. The van der Waals surface area contributed by atoms with Crippen molar-refractivity contribution < 1.29 is 9.59 Å². The van der Waals surface area contributed by atoms with Crippen LogP contribution >= 0.6 is 11.8 Å². The zero-order valence-electron chi connectivity index (χ0n) is 10.1. The van der Waals surface area contributed by atoms with Crippen LogP contribution < -0.4 is 16.0 Å². The van der Waals surface area contributed by atoms with Crippen molar-refractivity contribution in [3.8, 4) is 0 Å². The molecule has 0 aromatic rings. The lowest BCUT2D eigenvalue weighted by molar-refractivity contribution is -0.121. The molecule has 0 bridgehead atoms. The fraction of sp³-hybridized carbons (Fsp3) is 0.800. The molecule has 94 valence electrons. The number of nitrogens with one attached hydrogen (secondary N) is 3. The van der Waals surface area contributed by atoms with Crippen molar-refractivity contribution in [3.63, 3.8) is 0 Å². The first kappa shape index (κ1) is 15.2. The highest BCUT2D eigenvalue weighted by Gasteiger charge is 2.13. The first-order valence-corrected chi connectivity index (χ1v) is 6.82. The van der Waals surface area contributed by atoms with Crippen molar-refractivity contribution in [2.24, 2.45) is 0 Å². The predicted molar refractivity (Wildman–Crippen MR) is 67.7 cm³/mol. The fourth-order valence-corrected chi connectivity index (χ4v) is 1.49. The topological polar surface area (TPSA) is 70.2 Å². The smallest absolute Gasteiger partial charge is 0.321 e. The summed E-state index contributed by atoms with van der Waals surface area (Å²) in [4.78, 5) is 22.5. The maximum Gasteiger partial charge on any atom is 0.321 e. The van der Waals surface area contributed by atoms with E-state index in [2.05, 4.69) is 16.0 Å². The number of imide groups is 1. The highest BCUT2D eigenvalue weighted by molar-refractivity contribution is 7.98. The Balaban J connectivity index is 3.68. The lowest BCUT2D eigenvalue weighted by Gasteiger charge is -2.13. The Morgan fingerprint density at radius 2 is 2.06 bits per heavy atom. The summed E-state index contributed by atoms with van der Waals surface area (Å²) in [5.74, 6) is 0.771. The number of hydrogen-bond acceptors (Lipinski definition) is 4. The maximum absolute atomic E-state index is 11.5. The average Bonchev–Trinajstić information content (AvgIpc) is 2.24. The Morgan fingerprint density at radius 1 is 1.38 bits per heavy atom. The van der Waals surface area contributed by atoms with Crippen molar-refractivity contribution in [3.05, 3.63) is 0 Å². The van der Waals surface area contributed by atoms with Crippen LogP contribution in [0.15, 0.2) is 0 Å². The van der Waals surface area contributed by atoms with Gasteiger partial charge in [0.05, 0.1) is 6.04 Å². The van der Waals surface area contributed by atoms with Gasteiger partial charge in [0.1, 0.15) is 0 Å². The van der Waals surface area contributed by atoms with Crippen molar-refractivity contribution >= 4 is 23.7 Å². The SMILES string of the molecule is CCNC(=O)NC(=O)C(C)NCCCSC. The van der Waals surface area contributed by atoms with E-state index in [9.17, 15) is 9.59 Å². The van der Waals surface area contributed by atoms with Crippen LogP contribution in [0.25, 0.3) is 0 Å². The van der Waals surface area contributed by atoms with E-state index in [1.165, 1.54) is 0 Å². The normalized spacial score (nSPS) is 11.9. The maximum atomic E-state index is 11.5. The van der Waals surface area contributed by atoms with Gasteiger partial charge in [-0.1, -0.05) is 0 Å². The molecule has 0 spiro atoms. The number of thioether (sulfide) groups is 1. The van der Waals surface area contributed by atoms with Crippen molar-refractivity contribution in [2.75, 3.05) is 25.1 Å². The monoisotopic (exact) mass is 247 g/mol. The van der Waals surface area contributed by atoms with Crippen LogP contribution in [0.2, 0.25) is 0 Å². The molecule has 0 saturated heterocycles. The summed E-state index contributed by atoms with van der Waals surface area (Å²) in [6.07, 6.45) is 3.06. The summed E-state index contributed by atoms with van der Waals surface area (Å²) in [6, 6.07) is -0.783. The quantitative estimate of drug-likeness (QED) is 0.575. The van der Waals surface area contributed by atoms with Crippen LogP contribution in [-0.2, 0) is 4.79 Å². The number of carbonyl (C=O) groups excluding carboxylic acids is 2. The summed E-state index contributed by atoms with van der Waals surface area (Å²) < 4.78 is 0. The molecule has 1 atom stereocenters. The molecule has 0 radical (unpaired) electrons. The van der Waals surface area contributed by atoms with Crippen molar-refractivity contribution in [1.29, 1.82) is 0 Å². The van der Waals surface area contributed by atoms with Crippen LogP contribution in [0.3, 0.4) is 0 Å². The predicted octanol–water partition coefficient (Wildman–Crippen LogP) is 0.563. The van der Waals surface area contributed by atoms with Crippen molar-refractivity contribution in [2.45, 2.75) is 26.3 Å². The second kappa shape index (κ2) is 9.47. The third-order valence-electron chi connectivity index (χ3n) is 1.94. The minimum Gasteiger partial charge on any atom is -0.338 e. The van der Waals surface area contributed by atoms with E-state index in [4.69, 9.17) is 0 Å². The van der Waals surface area contributed by atoms with Crippen LogP contribution in [-0.4, -0.2) is 43.1 Å². The number of rotatable bonds is 7. The molecular formula is C10H21N3O2S. The van der Waals surface area contributed by atoms with E-state index < -0.39 is 6.03 Å². The molecule has 6 heteroatoms. The number of urea groups is 1. The number of amides is 3. The van der Waals surface area contributed by atoms with Gasteiger partial charge in [-0.2, -0.15) is 11.8 Å². The van der Waals surface area contributed by atoms with Gasteiger partial charge in [-0.25, -0.2) is 4.79 Å². The minimum absolute atomic E-state index is 0.296. The van der Waals surface area contributed by atoms with Gasteiger partial charge in [-0.3, -0.25) is 10.1 Å². The lowest BCUT2D eigenvalue weighted by Crippen LogP contribution is -2.48. The molecule has 0 aromatic heterocycles. The van der Waals surface area contributed by atoms with Crippen LogP contribution in [0.5, 0.6) is 0 Å². The average molecular weight is 247 g/mol. The lowest BCUT2D eigenvalue weighted by atomic mass is 10.3. The fourth-order valence-electron chi connectivity index (χ4n) is 1.05. The third kappa shape index (κ3) is 7.53. The Morgan fingerprint density at radius 3 is 2.62 bits per heavy atom. The van der Waals surface area contributed by atoms with Gasteiger partial charge in [0.25, 0.3) is 0 Å². The van der Waals surface area contributed by atoms with Gasteiger partial charge in [-0.15, -0.1) is 0 Å². The largest absolute Gasteiger partial charge is 0.338 e. The summed E-state index contributed by atoms with van der Waals surface area (Å²) in [7, 11) is 0. The van der Waals surface area contributed by atoms with Crippen LogP contribution in [0.4, 0.5) is 4.79 Å². The summed E-state index contributed by atoms with van der Waals surface area (Å²) in [5.41, 5.74) is 0. The summed E-state index contributed by atoms with van der Waals surface area (Å²) >= 11 is 1.77. The first-order chi connectivity index (χ1) is 7.61. The number of carbonyl (C=O) groups is 2. The second-order valence-corrected chi connectivity index (χ2v) is 4.36. The molecule has 0 saturated carbocycles. The number of hydrogen-bond donors (Lipinski definition) is 3. The molecule has 16 heavy (non-hydrogen) atoms. The molecule has 0 fully saturated rings. The zero-order chi connectivity index (χ0) is 12.4. The highest BCUT2D eigenvalue weighted by Crippen LogP contribution is 1.94. The van der Waals surface area contributed by atoms with Crippen molar-refractivity contribution in [1.82, 2.24) is 16.0 Å². The van der Waals surface area contributed by atoms with E-state index in [-0.39, 0.29) is 11.9 Å². The van der Waals surface area contributed by atoms with E-state index in [1.54, 1.807) is 25.6 Å². The van der Waals surface area contributed by atoms with Gasteiger partial charge in [0.15, 0.2) is 0 Å². The molecule has 3 amide bonds. The molecule has 0 heterocycles. The van der Waals surface area contributed by atoms with Crippen LogP contribution in [0, 0.1) is 0 Å².